The van der Waals surface area contributed by atoms with Crippen molar-refractivity contribution in [3.63, 3.8) is 0 Å². The second kappa shape index (κ2) is 8.12. The van der Waals surface area contributed by atoms with Crippen molar-refractivity contribution in [1.29, 1.82) is 0 Å². The highest BCUT2D eigenvalue weighted by atomic mass is 32.1. The zero-order valence-electron chi connectivity index (χ0n) is 14.4. The summed E-state index contributed by atoms with van der Waals surface area (Å²) in [6.45, 7) is 4.64. The molecule has 24 heavy (non-hydrogen) atoms. The number of thiophene rings is 1. The van der Waals surface area contributed by atoms with Crippen LogP contribution in [0.25, 0.3) is 0 Å². The summed E-state index contributed by atoms with van der Waals surface area (Å²) in [5, 5.41) is 7.22. The molecule has 132 valence electrons. The summed E-state index contributed by atoms with van der Waals surface area (Å²) >= 11 is 1.69. The normalized spacial score (nSPS) is 24.5. The Hall–Kier alpha value is -1.40. The number of nitrogens with zero attached hydrogens (tertiary/aromatic N) is 2. The van der Waals surface area contributed by atoms with Crippen LogP contribution in [0.3, 0.4) is 0 Å². The van der Waals surface area contributed by atoms with E-state index in [-0.39, 0.29) is 11.8 Å². The van der Waals surface area contributed by atoms with Gasteiger partial charge in [0, 0.05) is 32.1 Å². The maximum Gasteiger partial charge on any atom is 0.234 e. The Balaban J connectivity index is 1.48. The summed E-state index contributed by atoms with van der Waals surface area (Å²) in [5.41, 5.74) is 1.28. The molecule has 1 N–H and O–H groups in total. The number of hydrogen-bond donors (Lipinski definition) is 1. The molecule has 3 heterocycles. The van der Waals surface area contributed by atoms with Crippen molar-refractivity contribution in [2.75, 3.05) is 26.2 Å². The molecule has 0 aromatic carbocycles. The average Bonchev–Trinajstić information content (AvgIpc) is 3.28. The number of hydrogen-bond acceptors (Lipinski definition) is 4. The van der Waals surface area contributed by atoms with Crippen LogP contribution in [0.5, 0.6) is 0 Å². The first-order chi connectivity index (χ1) is 11.6. The van der Waals surface area contributed by atoms with Gasteiger partial charge in [-0.15, -0.1) is 0 Å². The number of likely N-dealkylation sites (tertiary alicyclic amines) is 2. The third-order valence-corrected chi connectivity index (χ3v) is 5.96. The smallest absolute Gasteiger partial charge is 0.234 e. The quantitative estimate of drug-likeness (QED) is 0.853. The van der Waals surface area contributed by atoms with E-state index in [1.165, 1.54) is 5.56 Å². The Morgan fingerprint density at radius 1 is 1.25 bits per heavy atom. The van der Waals surface area contributed by atoms with Crippen molar-refractivity contribution in [3.05, 3.63) is 22.4 Å². The van der Waals surface area contributed by atoms with Crippen LogP contribution in [-0.2, 0) is 16.0 Å². The largest absolute Gasteiger partial charge is 0.355 e. The van der Waals surface area contributed by atoms with Crippen LogP contribution >= 0.6 is 11.3 Å². The van der Waals surface area contributed by atoms with Gasteiger partial charge in [-0.1, -0.05) is 0 Å². The summed E-state index contributed by atoms with van der Waals surface area (Å²) in [5.74, 6) is 0.272. The first-order valence-electron chi connectivity index (χ1n) is 8.94. The van der Waals surface area contributed by atoms with E-state index in [1.807, 2.05) is 4.90 Å². The van der Waals surface area contributed by atoms with Gasteiger partial charge in [0.1, 0.15) is 0 Å². The van der Waals surface area contributed by atoms with E-state index in [4.69, 9.17) is 0 Å². The van der Waals surface area contributed by atoms with E-state index < -0.39 is 0 Å². The molecule has 0 spiro atoms. The fraction of sp³-hybridized carbons (Fsp3) is 0.667. The van der Waals surface area contributed by atoms with E-state index >= 15 is 0 Å². The van der Waals surface area contributed by atoms with Crippen molar-refractivity contribution in [3.8, 4) is 0 Å². The summed E-state index contributed by atoms with van der Waals surface area (Å²) < 4.78 is 0. The molecule has 0 radical (unpaired) electrons. The van der Waals surface area contributed by atoms with Crippen molar-refractivity contribution >= 4 is 23.2 Å². The Bertz CT molecular complexity index is 561. The Morgan fingerprint density at radius 3 is 2.79 bits per heavy atom. The number of carbonyl (C=O) groups excluding carboxylic acids is 2. The first kappa shape index (κ1) is 17.4. The van der Waals surface area contributed by atoms with E-state index in [0.717, 1.165) is 45.2 Å². The molecular formula is C18H27N3O2S. The van der Waals surface area contributed by atoms with Gasteiger partial charge in [-0.05, 0) is 61.0 Å². The van der Waals surface area contributed by atoms with Gasteiger partial charge in [0.15, 0.2) is 0 Å². The van der Waals surface area contributed by atoms with Gasteiger partial charge >= 0.3 is 0 Å². The van der Waals surface area contributed by atoms with Crippen LogP contribution in [0.1, 0.15) is 38.2 Å². The van der Waals surface area contributed by atoms with Crippen molar-refractivity contribution < 1.29 is 9.59 Å². The van der Waals surface area contributed by atoms with Crippen molar-refractivity contribution in [2.45, 2.75) is 51.1 Å². The van der Waals surface area contributed by atoms with Crippen LogP contribution in [0.4, 0.5) is 0 Å². The Morgan fingerprint density at radius 2 is 2.04 bits per heavy atom. The second-order valence-electron chi connectivity index (χ2n) is 6.83. The van der Waals surface area contributed by atoms with E-state index in [0.29, 0.717) is 25.2 Å². The monoisotopic (exact) mass is 349 g/mol. The molecule has 2 fully saturated rings. The number of nitrogens with one attached hydrogen (secondary N) is 1. The van der Waals surface area contributed by atoms with Crippen molar-refractivity contribution in [2.24, 2.45) is 0 Å². The molecule has 3 rings (SSSR count). The standard InChI is InChI=1S/C18H27N3O2S/c1-14(22)21-10-3-5-17(21)16-4-2-9-20(16)12-18(23)19-8-6-15-7-11-24-13-15/h7,11,13,16-17H,2-6,8-10,12H2,1H3,(H,19,23)/t16-,17+/m1/s1. The van der Waals surface area contributed by atoms with Crippen LogP contribution in [-0.4, -0.2) is 59.9 Å². The van der Waals surface area contributed by atoms with E-state index in [2.05, 4.69) is 27.0 Å². The highest BCUT2D eigenvalue weighted by Gasteiger charge is 2.39. The SMILES string of the molecule is CC(=O)N1CCC[C@H]1[C@H]1CCCN1CC(=O)NCCc1ccsc1. The topological polar surface area (TPSA) is 52.7 Å². The zero-order chi connectivity index (χ0) is 16.9. The third-order valence-electron chi connectivity index (χ3n) is 5.22. The highest BCUT2D eigenvalue weighted by Crippen LogP contribution is 2.29. The lowest BCUT2D eigenvalue weighted by Gasteiger charge is -2.34. The van der Waals surface area contributed by atoms with Gasteiger partial charge in [-0.25, -0.2) is 0 Å². The minimum Gasteiger partial charge on any atom is -0.355 e. The maximum atomic E-state index is 12.3. The molecule has 5 nitrogen and oxygen atoms in total. The highest BCUT2D eigenvalue weighted by molar-refractivity contribution is 7.07. The number of rotatable bonds is 6. The van der Waals surface area contributed by atoms with Gasteiger partial charge in [0.05, 0.1) is 6.54 Å². The predicted molar refractivity (Wildman–Crippen MR) is 96.0 cm³/mol. The molecule has 0 unspecified atom stereocenters. The molecule has 2 aliphatic heterocycles. The molecule has 0 aliphatic carbocycles. The molecule has 0 saturated carbocycles. The molecule has 2 atom stereocenters. The Labute approximate surface area is 148 Å². The van der Waals surface area contributed by atoms with Gasteiger partial charge in [-0.2, -0.15) is 11.3 Å². The molecular weight excluding hydrogens is 322 g/mol. The molecule has 2 aliphatic rings. The summed E-state index contributed by atoms with van der Waals surface area (Å²) in [4.78, 5) is 28.4. The predicted octanol–water partition coefficient (Wildman–Crippen LogP) is 1.88. The zero-order valence-corrected chi connectivity index (χ0v) is 15.2. The molecule has 1 aromatic heterocycles. The molecule has 6 heteroatoms. The van der Waals surface area contributed by atoms with Crippen LogP contribution in [0.15, 0.2) is 16.8 Å². The number of carbonyl (C=O) groups is 2. The average molecular weight is 350 g/mol. The van der Waals surface area contributed by atoms with Crippen LogP contribution < -0.4 is 5.32 Å². The van der Waals surface area contributed by atoms with Gasteiger partial charge in [-0.3, -0.25) is 14.5 Å². The van der Waals surface area contributed by atoms with Crippen LogP contribution in [0.2, 0.25) is 0 Å². The minimum absolute atomic E-state index is 0.101. The van der Waals surface area contributed by atoms with E-state index in [1.54, 1.807) is 18.3 Å². The van der Waals surface area contributed by atoms with Crippen molar-refractivity contribution in [1.82, 2.24) is 15.1 Å². The fourth-order valence-corrected chi connectivity index (χ4v) is 4.79. The fourth-order valence-electron chi connectivity index (χ4n) is 4.09. The summed E-state index contributed by atoms with van der Waals surface area (Å²) in [6.07, 6.45) is 5.26. The van der Waals surface area contributed by atoms with Gasteiger partial charge in [0.2, 0.25) is 11.8 Å². The molecule has 2 amide bonds. The maximum absolute atomic E-state index is 12.3. The lowest BCUT2D eigenvalue weighted by atomic mass is 10.0. The summed E-state index contributed by atoms with van der Waals surface area (Å²) in [7, 11) is 0. The second-order valence-corrected chi connectivity index (χ2v) is 7.61. The van der Waals surface area contributed by atoms with Gasteiger partial charge < -0.3 is 10.2 Å². The molecule has 0 bridgehead atoms. The lowest BCUT2D eigenvalue weighted by molar-refractivity contribution is -0.130. The molecule has 1 aromatic rings. The Kier molecular flexibility index (Phi) is 5.89. The molecule has 2 saturated heterocycles. The van der Waals surface area contributed by atoms with E-state index in [9.17, 15) is 9.59 Å². The van der Waals surface area contributed by atoms with Crippen LogP contribution in [0, 0.1) is 0 Å². The van der Waals surface area contributed by atoms with Gasteiger partial charge in [0.25, 0.3) is 0 Å². The lowest BCUT2D eigenvalue weighted by Crippen LogP contribution is -2.50. The third kappa shape index (κ3) is 4.16. The number of amides is 2. The summed E-state index contributed by atoms with van der Waals surface area (Å²) in [6, 6.07) is 2.74. The first-order valence-corrected chi connectivity index (χ1v) is 9.88. The minimum atomic E-state index is 0.101.